The Kier molecular flexibility index (Phi) is 7.38. The second kappa shape index (κ2) is 10.4. The number of aromatic nitrogens is 1. The Balaban J connectivity index is 1.77. The van der Waals surface area contributed by atoms with E-state index in [0.717, 1.165) is 0 Å². The van der Waals surface area contributed by atoms with Gasteiger partial charge in [-0.3, -0.25) is 9.69 Å². The summed E-state index contributed by atoms with van der Waals surface area (Å²) in [7, 11) is 0. The number of benzene rings is 1. The number of esters is 1. The van der Waals surface area contributed by atoms with Crippen LogP contribution in [0.2, 0.25) is 0 Å². The van der Waals surface area contributed by atoms with E-state index in [-0.39, 0.29) is 23.9 Å². The molecule has 30 heavy (non-hydrogen) atoms. The summed E-state index contributed by atoms with van der Waals surface area (Å²) >= 11 is 0. The Morgan fingerprint density at radius 3 is 2.60 bits per heavy atom. The fourth-order valence-electron chi connectivity index (χ4n) is 2.68. The lowest BCUT2D eigenvalue weighted by Crippen LogP contribution is -2.47. The van der Waals surface area contributed by atoms with Crippen LogP contribution in [0.1, 0.15) is 0 Å². The average Bonchev–Trinajstić information content (AvgIpc) is 2.76. The van der Waals surface area contributed by atoms with E-state index in [2.05, 4.69) is 20.5 Å². The van der Waals surface area contributed by atoms with Gasteiger partial charge in [-0.2, -0.15) is 5.11 Å². The maximum absolute atomic E-state index is 12.8. The van der Waals surface area contributed by atoms with E-state index in [1.54, 1.807) is 24.3 Å². The maximum Gasteiger partial charge on any atom is 0.353 e. The van der Waals surface area contributed by atoms with Crippen molar-refractivity contribution in [1.29, 1.82) is 0 Å². The molecule has 1 aromatic carbocycles. The number of carbonyl (C=O) groups excluding carboxylic acids is 2. The number of azo groups is 1. The highest BCUT2D eigenvalue weighted by Gasteiger charge is 2.29. The zero-order valence-corrected chi connectivity index (χ0v) is 16.2. The highest BCUT2D eigenvalue weighted by Crippen LogP contribution is 2.23. The number of hydrogen-bond donors (Lipinski definition) is 3. The molecule has 1 saturated heterocycles. The smallest absolute Gasteiger partial charge is 0.353 e. The molecule has 158 valence electrons. The van der Waals surface area contributed by atoms with Crippen LogP contribution in [0, 0.1) is 0 Å². The Morgan fingerprint density at radius 2 is 1.93 bits per heavy atom. The van der Waals surface area contributed by atoms with E-state index in [1.807, 2.05) is 11.0 Å². The van der Waals surface area contributed by atoms with E-state index in [0.29, 0.717) is 32.1 Å². The Bertz CT molecular complexity index is 901. The van der Waals surface area contributed by atoms with Gasteiger partial charge in [-0.25, -0.2) is 9.78 Å². The van der Waals surface area contributed by atoms with E-state index in [4.69, 9.17) is 20.9 Å². The summed E-state index contributed by atoms with van der Waals surface area (Å²) in [6.07, 6.45) is -0.967. The fourth-order valence-corrected chi connectivity index (χ4v) is 2.68. The topological polar surface area (TPSA) is 158 Å². The summed E-state index contributed by atoms with van der Waals surface area (Å²) in [5, 5.41) is 10.8. The van der Waals surface area contributed by atoms with Crippen LogP contribution in [0.4, 0.5) is 17.3 Å². The molecule has 1 unspecified atom stereocenters. The van der Waals surface area contributed by atoms with Crippen molar-refractivity contribution in [3.63, 3.8) is 0 Å². The SMILES string of the molecule is NCC(=O)Nc1ccc(N=NC(C(=O)Oc2ccccc2)N2CCOCC2)c(N)n1. The number of para-hydroxylation sites is 1. The Hall–Kier alpha value is -3.41. The van der Waals surface area contributed by atoms with E-state index >= 15 is 0 Å². The van der Waals surface area contributed by atoms with Crippen molar-refractivity contribution in [1.82, 2.24) is 9.88 Å². The number of nitrogens with one attached hydrogen (secondary N) is 1. The maximum atomic E-state index is 12.8. The minimum atomic E-state index is -0.967. The molecule has 1 amide bonds. The van der Waals surface area contributed by atoms with E-state index < -0.39 is 18.0 Å². The molecule has 1 aromatic heterocycles. The summed E-state index contributed by atoms with van der Waals surface area (Å²) in [4.78, 5) is 30.0. The van der Waals surface area contributed by atoms with Gasteiger partial charge >= 0.3 is 5.97 Å². The molecule has 3 rings (SSSR count). The Labute approximate surface area is 173 Å². The van der Waals surface area contributed by atoms with Crippen LogP contribution in [0.3, 0.4) is 0 Å². The molecule has 0 radical (unpaired) electrons. The van der Waals surface area contributed by atoms with Crippen LogP contribution in [-0.2, 0) is 14.3 Å². The van der Waals surface area contributed by atoms with Crippen LogP contribution in [0.5, 0.6) is 5.75 Å². The minimum Gasteiger partial charge on any atom is -0.424 e. The summed E-state index contributed by atoms with van der Waals surface area (Å²) in [6, 6.07) is 11.8. The predicted octanol–water partition coefficient (Wildman–Crippen LogP) is 0.909. The molecule has 11 nitrogen and oxygen atoms in total. The minimum absolute atomic E-state index is 0.0470. The molecular formula is C19H23N7O4. The van der Waals surface area contributed by atoms with Gasteiger partial charge in [0, 0.05) is 13.1 Å². The molecule has 11 heteroatoms. The quantitative estimate of drug-likeness (QED) is 0.343. The highest BCUT2D eigenvalue weighted by atomic mass is 16.5. The normalized spacial score (nSPS) is 15.6. The first-order valence-corrected chi connectivity index (χ1v) is 9.32. The third-order valence-corrected chi connectivity index (χ3v) is 4.19. The van der Waals surface area contributed by atoms with Crippen LogP contribution >= 0.6 is 0 Å². The molecule has 1 fully saturated rings. The van der Waals surface area contributed by atoms with Gasteiger partial charge in [0.25, 0.3) is 0 Å². The van der Waals surface area contributed by atoms with Crippen molar-refractivity contribution in [2.75, 3.05) is 43.9 Å². The number of nitrogens with zero attached hydrogens (tertiary/aromatic N) is 4. The van der Waals surface area contributed by atoms with Crippen molar-refractivity contribution < 1.29 is 19.1 Å². The molecule has 0 saturated carbocycles. The van der Waals surface area contributed by atoms with E-state index in [9.17, 15) is 9.59 Å². The molecule has 0 spiro atoms. The lowest BCUT2D eigenvalue weighted by atomic mass is 10.3. The molecule has 1 aliphatic heterocycles. The summed E-state index contributed by atoms with van der Waals surface area (Å²) in [6.45, 7) is 1.79. The second-order valence-corrected chi connectivity index (χ2v) is 6.32. The van der Waals surface area contributed by atoms with Crippen molar-refractivity contribution in [3.05, 3.63) is 42.5 Å². The first-order chi connectivity index (χ1) is 14.6. The van der Waals surface area contributed by atoms with Gasteiger partial charge in [0.15, 0.2) is 5.82 Å². The van der Waals surface area contributed by atoms with Crippen molar-refractivity contribution in [2.45, 2.75) is 6.17 Å². The predicted molar refractivity (Wildman–Crippen MR) is 109 cm³/mol. The third-order valence-electron chi connectivity index (χ3n) is 4.19. The molecular weight excluding hydrogens is 390 g/mol. The fraction of sp³-hybridized carbons (Fsp3) is 0.316. The molecule has 5 N–H and O–H groups in total. The number of nitrogen functional groups attached to an aromatic ring is 1. The number of anilines is 2. The van der Waals surface area contributed by atoms with Crippen molar-refractivity contribution in [3.8, 4) is 5.75 Å². The van der Waals surface area contributed by atoms with Gasteiger partial charge in [0.2, 0.25) is 12.1 Å². The van der Waals surface area contributed by atoms with Gasteiger partial charge < -0.3 is 26.3 Å². The van der Waals surface area contributed by atoms with Crippen LogP contribution in [0.25, 0.3) is 0 Å². The zero-order chi connectivity index (χ0) is 21.3. The first kappa shape index (κ1) is 21.3. The average molecular weight is 413 g/mol. The molecule has 1 aliphatic rings. The monoisotopic (exact) mass is 413 g/mol. The summed E-state index contributed by atoms with van der Waals surface area (Å²) in [5.74, 6) is -0.254. The van der Waals surface area contributed by atoms with Gasteiger partial charge in [-0.05, 0) is 24.3 Å². The first-order valence-electron chi connectivity index (χ1n) is 9.32. The van der Waals surface area contributed by atoms with Crippen LogP contribution in [0.15, 0.2) is 52.7 Å². The molecule has 2 heterocycles. The molecule has 2 aromatic rings. The number of morpholine rings is 1. The second-order valence-electron chi connectivity index (χ2n) is 6.32. The standard InChI is InChI=1S/C19H23N7O4/c20-12-16(27)22-15-7-6-14(17(21)23-15)24-25-18(26-8-10-29-11-9-26)19(28)30-13-4-2-1-3-5-13/h1-7,18H,8-12,20H2,(H3,21,22,23,27). The summed E-state index contributed by atoms with van der Waals surface area (Å²) in [5.41, 5.74) is 11.4. The third kappa shape index (κ3) is 5.80. The van der Waals surface area contributed by atoms with Gasteiger partial charge in [0.1, 0.15) is 17.3 Å². The van der Waals surface area contributed by atoms with Gasteiger partial charge in [0.05, 0.1) is 19.8 Å². The molecule has 0 aliphatic carbocycles. The van der Waals surface area contributed by atoms with Crippen molar-refractivity contribution >= 4 is 29.2 Å². The van der Waals surface area contributed by atoms with E-state index in [1.165, 1.54) is 12.1 Å². The number of ether oxygens (including phenoxy) is 2. The molecule has 0 bridgehead atoms. The Morgan fingerprint density at radius 1 is 1.20 bits per heavy atom. The van der Waals surface area contributed by atoms with Gasteiger partial charge in [-0.15, -0.1) is 5.11 Å². The van der Waals surface area contributed by atoms with Crippen LogP contribution in [-0.4, -0.2) is 60.8 Å². The highest BCUT2D eigenvalue weighted by molar-refractivity contribution is 5.91. The largest absolute Gasteiger partial charge is 0.424 e. The summed E-state index contributed by atoms with van der Waals surface area (Å²) < 4.78 is 10.8. The number of hydrogen-bond acceptors (Lipinski definition) is 10. The van der Waals surface area contributed by atoms with Gasteiger partial charge in [-0.1, -0.05) is 18.2 Å². The number of rotatable bonds is 7. The lowest BCUT2D eigenvalue weighted by molar-refractivity contribution is -0.142. The number of amides is 1. The van der Waals surface area contributed by atoms with Crippen LogP contribution < -0.4 is 21.5 Å². The number of pyridine rings is 1. The number of nitrogens with two attached hydrogens (primary N) is 2. The lowest BCUT2D eigenvalue weighted by Gasteiger charge is -2.29. The molecule has 1 atom stereocenters. The zero-order valence-electron chi connectivity index (χ0n) is 16.2. The number of carbonyl (C=O) groups is 2. The van der Waals surface area contributed by atoms with Crippen molar-refractivity contribution in [2.24, 2.45) is 16.0 Å².